The van der Waals surface area contributed by atoms with Crippen LogP contribution in [0, 0.1) is 0 Å². The van der Waals surface area contributed by atoms with Crippen LogP contribution in [-0.4, -0.2) is 37.0 Å². The molecule has 3 N–H and O–H groups in total. The van der Waals surface area contributed by atoms with Gasteiger partial charge in [0.05, 0.1) is 0 Å². The first-order valence-electron chi connectivity index (χ1n) is 10.4. The number of urea groups is 1. The standard InChI is InChI=1S/C21H30N4O3/c26-19(11-5-13-22-21(28)24-16-7-2-1-3-8-16)23-17-9-4-10-18(15-17)25-14-6-12-20(25)27/h4,9-10,15-16H,1-3,5-8,11-14H2,(H,23,26)(H2,22,24,28). The number of anilines is 2. The summed E-state index contributed by atoms with van der Waals surface area (Å²) in [6, 6.07) is 7.51. The van der Waals surface area contributed by atoms with E-state index >= 15 is 0 Å². The summed E-state index contributed by atoms with van der Waals surface area (Å²) in [4.78, 5) is 37.6. The van der Waals surface area contributed by atoms with Crippen LogP contribution in [-0.2, 0) is 9.59 Å². The minimum Gasteiger partial charge on any atom is -0.338 e. The second-order valence-corrected chi connectivity index (χ2v) is 7.59. The lowest BCUT2D eigenvalue weighted by molar-refractivity contribution is -0.117. The van der Waals surface area contributed by atoms with Gasteiger partial charge in [0.1, 0.15) is 0 Å². The Kier molecular flexibility index (Phi) is 7.28. The van der Waals surface area contributed by atoms with Gasteiger partial charge in [-0.15, -0.1) is 0 Å². The highest BCUT2D eigenvalue weighted by Crippen LogP contribution is 2.24. The zero-order valence-corrected chi connectivity index (χ0v) is 16.3. The number of rotatable bonds is 7. The first-order valence-corrected chi connectivity index (χ1v) is 10.4. The van der Waals surface area contributed by atoms with E-state index in [4.69, 9.17) is 0 Å². The first-order chi connectivity index (χ1) is 13.6. The molecule has 2 fully saturated rings. The van der Waals surface area contributed by atoms with Crippen LogP contribution < -0.4 is 20.9 Å². The Morgan fingerprint density at radius 2 is 1.93 bits per heavy atom. The fourth-order valence-electron chi connectivity index (χ4n) is 3.83. The Balaban J connectivity index is 1.35. The molecule has 152 valence electrons. The molecule has 1 saturated heterocycles. The molecule has 1 aromatic rings. The van der Waals surface area contributed by atoms with Crippen molar-refractivity contribution in [1.82, 2.24) is 10.6 Å². The van der Waals surface area contributed by atoms with Gasteiger partial charge in [-0.25, -0.2) is 4.79 Å². The van der Waals surface area contributed by atoms with Crippen LogP contribution in [0.4, 0.5) is 16.2 Å². The lowest BCUT2D eigenvalue weighted by atomic mass is 9.96. The molecule has 7 heteroatoms. The van der Waals surface area contributed by atoms with Crippen LogP contribution in [0.1, 0.15) is 57.8 Å². The van der Waals surface area contributed by atoms with Crippen molar-refractivity contribution in [3.63, 3.8) is 0 Å². The Hall–Kier alpha value is -2.57. The second kappa shape index (κ2) is 10.1. The third-order valence-corrected chi connectivity index (χ3v) is 5.32. The van der Waals surface area contributed by atoms with Gasteiger partial charge in [-0.1, -0.05) is 25.3 Å². The molecule has 1 aliphatic heterocycles. The number of carbonyl (C=O) groups excluding carboxylic acids is 3. The zero-order chi connectivity index (χ0) is 19.8. The maximum atomic E-state index is 12.2. The quantitative estimate of drug-likeness (QED) is 0.629. The Morgan fingerprint density at radius 3 is 2.68 bits per heavy atom. The van der Waals surface area contributed by atoms with Gasteiger partial charge in [-0.05, 0) is 43.9 Å². The molecule has 0 atom stereocenters. The number of carbonyl (C=O) groups is 3. The predicted molar refractivity (Wildman–Crippen MR) is 109 cm³/mol. The van der Waals surface area contributed by atoms with Crippen molar-refractivity contribution in [2.45, 2.75) is 63.8 Å². The van der Waals surface area contributed by atoms with Crippen molar-refractivity contribution < 1.29 is 14.4 Å². The van der Waals surface area contributed by atoms with Gasteiger partial charge < -0.3 is 20.9 Å². The normalized spacial score (nSPS) is 17.4. The summed E-state index contributed by atoms with van der Waals surface area (Å²) in [5.74, 6) is 0.0282. The summed E-state index contributed by atoms with van der Waals surface area (Å²) in [5.41, 5.74) is 1.51. The molecule has 3 rings (SSSR count). The van der Waals surface area contributed by atoms with Crippen LogP contribution in [0.15, 0.2) is 24.3 Å². The summed E-state index contributed by atoms with van der Waals surface area (Å²) >= 11 is 0. The molecule has 28 heavy (non-hydrogen) atoms. The topological polar surface area (TPSA) is 90.5 Å². The lowest BCUT2D eigenvalue weighted by Crippen LogP contribution is -2.43. The van der Waals surface area contributed by atoms with Crippen LogP contribution >= 0.6 is 0 Å². The van der Waals surface area contributed by atoms with E-state index in [0.717, 1.165) is 31.5 Å². The van der Waals surface area contributed by atoms with Gasteiger partial charge in [0.2, 0.25) is 11.8 Å². The number of benzene rings is 1. The van der Waals surface area contributed by atoms with Crippen molar-refractivity contribution in [2.75, 3.05) is 23.3 Å². The molecule has 4 amide bonds. The van der Waals surface area contributed by atoms with Crippen LogP contribution in [0.3, 0.4) is 0 Å². The minimum atomic E-state index is -0.143. The number of nitrogens with zero attached hydrogens (tertiary/aromatic N) is 1. The molecule has 0 bridgehead atoms. The van der Waals surface area contributed by atoms with E-state index in [1.54, 1.807) is 4.90 Å². The zero-order valence-electron chi connectivity index (χ0n) is 16.3. The SMILES string of the molecule is O=C(CCCNC(=O)NC1CCCCC1)Nc1cccc(N2CCCC2=O)c1. The van der Waals surface area contributed by atoms with E-state index in [9.17, 15) is 14.4 Å². The average molecular weight is 386 g/mol. The molecule has 1 heterocycles. The summed E-state index contributed by atoms with van der Waals surface area (Å²) in [7, 11) is 0. The highest BCUT2D eigenvalue weighted by Gasteiger charge is 2.21. The maximum absolute atomic E-state index is 12.2. The summed E-state index contributed by atoms with van der Waals surface area (Å²) < 4.78 is 0. The highest BCUT2D eigenvalue weighted by atomic mass is 16.2. The van der Waals surface area contributed by atoms with E-state index in [-0.39, 0.29) is 23.9 Å². The van der Waals surface area contributed by atoms with Gasteiger partial charge >= 0.3 is 6.03 Å². The Morgan fingerprint density at radius 1 is 1.11 bits per heavy atom. The molecule has 0 spiro atoms. The van der Waals surface area contributed by atoms with Crippen LogP contribution in [0.2, 0.25) is 0 Å². The largest absolute Gasteiger partial charge is 0.338 e. The molecule has 2 aliphatic rings. The van der Waals surface area contributed by atoms with Crippen LogP contribution in [0.25, 0.3) is 0 Å². The van der Waals surface area contributed by atoms with Crippen molar-refractivity contribution in [3.05, 3.63) is 24.3 Å². The molecule has 1 saturated carbocycles. The van der Waals surface area contributed by atoms with E-state index < -0.39 is 0 Å². The summed E-state index contributed by atoms with van der Waals surface area (Å²) in [6.45, 7) is 1.19. The van der Waals surface area contributed by atoms with E-state index in [2.05, 4.69) is 16.0 Å². The molecular weight excluding hydrogens is 356 g/mol. The van der Waals surface area contributed by atoms with E-state index in [1.165, 1.54) is 19.3 Å². The number of amides is 4. The number of hydrogen-bond acceptors (Lipinski definition) is 3. The highest BCUT2D eigenvalue weighted by molar-refractivity contribution is 5.97. The van der Waals surface area contributed by atoms with E-state index in [1.807, 2.05) is 24.3 Å². The summed E-state index contributed by atoms with van der Waals surface area (Å²) in [6.07, 6.45) is 8.08. The van der Waals surface area contributed by atoms with Crippen molar-refractivity contribution in [3.8, 4) is 0 Å². The van der Waals surface area contributed by atoms with Gasteiger partial charge in [-0.3, -0.25) is 9.59 Å². The van der Waals surface area contributed by atoms with Gasteiger partial charge in [0.25, 0.3) is 0 Å². The maximum Gasteiger partial charge on any atom is 0.315 e. The smallest absolute Gasteiger partial charge is 0.315 e. The van der Waals surface area contributed by atoms with Gasteiger partial charge in [0.15, 0.2) is 0 Å². The number of nitrogens with one attached hydrogen (secondary N) is 3. The molecule has 0 unspecified atom stereocenters. The molecule has 0 radical (unpaired) electrons. The lowest BCUT2D eigenvalue weighted by Gasteiger charge is -2.22. The third-order valence-electron chi connectivity index (χ3n) is 5.32. The molecule has 1 aromatic carbocycles. The van der Waals surface area contributed by atoms with E-state index in [0.29, 0.717) is 31.5 Å². The fraction of sp³-hybridized carbons (Fsp3) is 0.571. The average Bonchev–Trinajstić information content (AvgIpc) is 3.12. The fourth-order valence-corrected chi connectivity index (χ4v) is 3.83. The molecule has 7 nitrogen and oxygen atoms in total. The third kappa shape index (κ3) is 5.97. The molecular formula is C21H30N4O3. The van der Waals surface area contributed by atoms with Crippen molar-refractivity contribution in [1.29, 1.82) is 0 Å². The van der Waals surface area contributed by atoms with Gasteiger partial charge in [0, 0.05) is 43.3 Å². The van der Waals surface area contributed by atoms with Gasteiger partial charge in [-0.2, -0.15) is 0 Å². The van der Waals surface area contributed by atoms with Crippen LogP contribution in [0.5, 0.6) is 0 Å². The Bertz CT molecular complexity index is 701. The predicted octanol–water partition coefficient (Wildman–Crippen LogP) is 3.16. The first kappa shape index (κ1) is 20.2. The van der Waals surface area contributed by atoms with Crippen molar-refractivity contribution >= 4 is 29.2 Å². The molecule has 1 aliphatic carbocycles. The Labute approximate surface area is 166 Å². The minimum absolute atomic E-state index is 0.0978. The monoisotopic (exact) mass is 386 g/mol. The number of hydrogen-bond donors (Lipinski definition) is 3. The second-order valence-electron chi connectivity index (χ2n) is 7.59. The molecule has 0 aromatic heterocycles. The van der Waals surface area contributed by atoms with Crippen molar-refractivity contribution in [2.24, 2.45) is 0 Å². The summed E-state index contributed by atoms with van der Waals surface area (Å²) in [5, 5.41) is 8.70.